The summed E-state index contributed by atoms with van der Waals surface area (Å²) in [5, 5.41) is 18.8. The Labute approximate surface area is 138 Å². The summed E-state index contributed by atoms with van der Waals surface area (Å²) in [5.74, 6) is 2.67. The molecule has 0 heterocycles. The second kappa shape index (κ2) is 8.74. The zero-order valence-corrected chi connectivity index (χ0v) is 13.8. The minimum absolute atomic E-state index is 0.0406. The molecule has 0 aromatic heterocycles. The highest BCUT2D eigenvalue weighted by atomic mass is 16.6. The van der Waals surface area contributed by atoms with E-state index in [1.54, 1.807) is 0 Å². The van der Waals surface area contributed by atoms with Crippen LogP contribution in [0.2, 0.25) is 0 Å². The van der Waals surface area contributed by atoms with Crippen LogP contribution in [0.1, 0.15) is 19.3 Å². The third-order valence-corrected chi connectivity index (χ3v) is 5.67. The van der Waals surface area contributed by atoms with Crippen molar-refractivity contribution in [3.05, 3.63) is 0 Å². The van der Waals surface area contributed by atoms with E-state index in [0.717, 1.165) is 11.8 Å². The van der Waals surface area contributed by atoms with E-state index in [1.165, 1.54) is 19.3 Å². The molecular formula is C17H30O6. The van der Waals surface area contributed by atoms with Crippen molar-refractivity contribution in [1.29, 1.82) is 0 Å². The normalized spacial score (nSPS) is 37.8. The minimum Gasteiger partial charge on any atom is -0.394 e. The lowest BCUT2D eigenvalue weighted by atomic mass is 9.61. The molecule has 3 fully saturated rings. The van der Waals surface area contributed by atoms with Crippen LogP contribution in [0.4, 0.5) is 0 Å². The van der Waals surface area contributed by atoms with Crippen molar-refractivity contribution in [3.63, 3.8) is 0 Å². The molecule has 0 radical (unpaired) electrons. The zero-order chi connectivity index (χ0) is 16.1. The van der Waals surface area contributed by atoms with Gasteiger partial charge in [0.05, 0.1) is 65.1 Å². The lowest BCUT2D eigenvalue weighted by Crippen LogP contribution is -2.59. The third-order valence-electron chi connectivity index (χ3n) is 5.67. The highest BCUT2D eigenvalue weighted by molar-refractivity contribution is 5.11. The van der Waals surface area contributed by atoms with Crippen molar-refractivity contribution in [2.75, 3.05) is 52.9 Å². The molecule has 2 bridgehead atoms. The third kappa shape index (κ3) is 4.06. The summed E-state index contributed by atoms with van der Waals surface area (Å²) in [6.45, 7) is 3.56. The number of hydrogen-bond donors (Lipinski definition) is 2. The topological polar surface area (TPSA) is 77.4 Å². The van der Waals surface area contributed by atoms with Gasteiger partial charge >= 0.3 is 0 Å². The van der Waals surface area contributed by atoms with Gasteiger partial charge in [0.2, 0.25) is 0 Å². The molecule has 3 aliphatic carbocycles. The lowest BCUT2D eigenvalue weighted by molar-refractivity contribution is -0.202. The van der Waals surface area contributed by atoms with E-state index in [9.17, 15) is 5.11 Å². The van der Waals surface area contributed by atoms with Crippen LogP contribution in [0.25, 0.3) is 0 Å². The summed E-state index contributed by atoms with van der Waals surface area (Å²) in [7, 11) is 0. The van der Waals surface area contributed by atoms with Gasteiger partial charge in [-0.15, -0.1) is 0 Å². The maximum absolute atomic E-state index is 10.2. The highest BCUT2D eigenvalue weighted by Gasteiger charge is 2.63. The van der Waals surface area contributed by atoms with Gasteiger partial charge in [-0.3, -0.25) is 0 Å². The standard InChI is InChI=1S/C17H30O6/c18-3-4-20-5-6-21-7-8-22-9-10-23-17-15-13-2-1-12(11-13)14(15)16(17)19/h12-19H,1-11H2. The molecule has 23 heavy (non-hydrogen) atoms. The van der Waals surface area contributed by atoms with E-state index in [0.29, 0.717) is 58.1 Å². The Hall–Kier alpha value is -0.240. The molecule has 0 aromatic rings. The molecule has 0 amide bonds. The molecule has 6 heteroatoms. The first kappa shape index (κ1) is 17.6. The van der Waals surface area contributed by atoms with Gasteiger partial charge in [0, 0.05) is 0 Å². The van der Waals surface area contributed by atoms with E-state index < -0.39 is 0 Å². The van der Waals surface area contributed by atoms with Gasteiger partial charge in [-0.2, -0.15) is 0 Å². The van der Waals surface area contributed by atoms with Gasteiger partial charge in [-0.1, -0.05) is 0 Å². The molecule has 3 rings (SSSR count). The number of rotatable bonds is 12. The smallest absolute Gasteiger partial charge is 0.0872 e. The van der Waals surface area contributed by atoms with Crippen LogP contribution in [-0.4, -0.2) is 75.3 Å². The average molecular weight is 330 g/mol. The number of hydrogen-bond acceptors (Lipinski definition) is 6. The SMILES string of the molecule is OCCOCCOCCOCCOC1C(O)C2C3CCC(C3)C12. The summed E-state index contributed by atoms with van der Waals surface area (Å²) >= 11 is 0. The highest BCUT2D eigenvalue weighted by Crippen LogP contribution is 2.61. The molecule has 3 saturated carbocycles. The van der Waals surface area contributed by atoms with Crippen LogP contribution in [0.5, 0.6) is 0 Å². The minimum atomic E-state index is -0.252. The van der Waals surface area contributed by atoms with Gasteiger partial charge in [-0.25, -0.2) is 0 Å². The lowest BCUT2D eigenvalue weighted by Gasteiger charge is -2.51. The maximum atomic E-state index is 10.2. The van der Waals surface area contributed by atoms with E-state index >= 15 is 0 Å². The Morgan fingerprint density at radius 2 is 1.30 bits per heavy atom. The van der Waals surface area contributed by atoms with Crippen molar-refractivity contribution in [2.24, 2.45) is 23.7 Å². The largest absolute Gasteiger partial charge is 0.394 e. The van der Waals surface area contributed by atoms with Crippen molar-refractivity contribution >= 4 is 0 Å². The number of ether oxygens (including phenoxy) is 4. The molecule has 6 atom stereocenters. The Morgan fingerprint density at radius 3 is 1.96 bits per heavy atom. The molecule has 134 valence electrons. The fourth-order valence-electron chi connectivity index (χ4n) is 4.73. The fraction of sp³-hybridized carbons (Fsp3) is 1.00. The number of aliphatic hydroxyl groups excluding tert-OH is 2. The molecule has 3 aliphatic rings. The molecule has 0 spiro atoms. The Kier molecular flexibility index (Phi) is 6.68. The van der Waals surface area contributed by atoms with Crippen molar-refractivity contribution in [3.8, 4) is 0 Å². The van der Waals surface area contributed by atoms with Gasteiger partial charge in [0.15, 0.2) is 0 Å². The van der Waals surface area contributed by atoms with E-state index in [4.69, 9.17) is 24.1 Å². The van der Waals surface area contributed by atoms with Crippen LogP contribution in [-0.2, 0) is 18.9 Å². The summed E-state index contributed by atoms with van der Waals surface area (Å²) in [5.41, 5.74) is 0. The molecule has 0 saturated heterocycles. The molecule has 6 nitrogen and oxygen atoms in total. The van der Waals surface area contributed by atoms with Crippen molar-refractivity contribution in [1.82, 2.24) is 0 Å². The van der Waals surface area contributed by atoms with Crippen molar-refractivity contribution < 1.29 is 29.2 Å². The fourth-order valence-corrected chi connectivity index (χ4v) is 4.73. The van der Waals surface area contributed by atoms with E-state index in [2.05, 4.69) is 0 Å². The van der Waals surface area contributed by atoms with E-state index in [1.807, 2.05) is 0 Å². The van der Waals surface area contributed by atoms with Crippen LogP contribution in [0, 0.1) is 23.7 Å². The predicted octanol–water partition coefficient (Wildman–Crippen LogP) is 0.451. The molecule has 0 aromatic carbocycles. The zero-order valence-electron chi connectivity index (χ0n) is 13.8. The molecule has 2 N–H and O–H groups in total. The van der Waals surface area contributed by atoms with Crippen LogP contribution in [0.15, 0.2) is 0 Å². The Balaban J connectivity index is 1.16. The summed E-state index contributed by atoms with van der Waals surface area (Å²) in [6.07, 6.45) is 3.73. The van der Waals surface area contributed by atoms with Gasteiger partial charge in [0.25, 0.3) is 0 Å². The van der Waals surface area contributed by atoms with Gasteiger partial charge in [0.1, 0.15) is 0 Å². The van der Waals surface area contributed by atoms with Crippen LogP contribution >= 0.6 is 0 Å². The van der Waals surface area contributed by atoms with Gasteiger partial charge < -0.3 is 29.2 Å². The van der Waals surface area contributed by atoms with Crippen molar-refractivity contribution in [2.45, 2.75) is 31.5 Å². The number of fused-ring (bicyclic) bond motifs is 5. The quantitative estimate of drug-likeness (QED) is 0.506. The Bertz CT molecular complexity index is 352. The second-order valence-corrected chi connectivity index (χ2v) is 6.87. The average Bonchev–Trinajstić information content (AvgIpc) is 3.14. The summed E-state index contributed by atoms with van der Waals surface area (Å²) < 4.78 is 21.8. The molecule has 6 unspecified atom stereocenters. The monoisotopic (exact) mass is 330 g/mol. The first-order valence-corrected chi connectivity index (χ1v) is 8.96. The second-order valence-electron chi connectivity index (χ2n) is 6.87. The van der Waals surface area contributed by atoms with Crippen LogP contribution in [0.3, 0.4) is 0 Å². The van der Waals surface area contributed by atoms with Gasteiger partial charge in [-0.05, 0) is 42.9 Å². The van der Waals surface area contributed by atoms with Crippen LogP contribution < -0.4 is 0 Å². The molecule has 0 aliphatic heterocycles. The molecular weight excluding hydrogens is 300 g/mol. The maximum Gasteiger partial charge on any atom is 0.0872 e. The first-order valence-electron chi connectivity index (χ1n) is 8.96. The van der Waals surface area contributed by atoms with E-state index in [-0.39, 0.29) is 18.8 Å². The summed E-state index contributed by atoms with van der Waals surface area (Å²) in [6, 6.07) is 0. The predicted molar refractivity (Wildman–Crippen MR) is 83.1 cm³/mol. The Morgan fingerprint density at radius 1 is 0.739 bits per heavy atom. The summed E-state index contributed by atoms with van der Waals surface area (Å²) in [4.78, 5) is 0. The first-order chi connectivity index (χ1) is 11.3. The number of aliphatic hydroxyl groups is 2.